The van der Waals surface area contributed by atoms with Crippen molar-refractivity contribution in [2.45, 2.75) is 6.42 Å². The second kappa shape index (κ2) is 6.35. The van der Waals surface area contributed by atoms with Crippen LogP contribution in [0.3, 0.4) is 0 Å². The van der Waals surface area contributed by atoms with E-state index in [4.69, 9.17) is 5.11 Å². The number of imidazole rings is 1. The molecule has 10 heteroatoms. The van der Waals surface area contributed by atoms with Crippen molar-refractivity contribution >= 4 is 28.8 Å². The lowest BCUT2D eigenvalue weighted by Crippen LogP contribution is -2.00. The van der Waals surface area contributed by atoms with Crippen LogP contribution in [0.1, 0.15) is 5.69 Å². The fourth-order valence-electron chi connectivity index (χ4n) is 2.23. The van der Waals surface area contributed by atoms with Crippen LogP contribution < -0.4 is 0 Å². The monoisotopic (exact) mass is 341 g/mol. The summed E-state index contributed by atoms with van der Waals surface area (Å²) in [6.45, 7) is 0. The number of pyridine rings is 1. The number of fused-ring (bicyclic) bond motifs is 1. The molecule has 3 aromatic rings. The third kappa shape index (κ3) is 3.27. The average molecular weight is 341 g/mol. The smallest absolute Gasteiger partial charge is 0.309 e. The van der Waals surface area contributed by atoms with E-state index < -0.39 is 17.3 Å². The summed E-state index contributed by atoms with van der Waals surface area (Å²) in [6, 6.07) is 8.50. The topological polar surface area (TPSA) is 143 Å². The van der Waals surface area contributed by atoms with E-state index in [0.717, 1.165) is 0 Å². The Morgan fingerprint density at radius 1 is 1.28 bits per heavy atom. The maximum absolute atomic E-state index is 11.0. The summed E-state index contributed by atoms with van der Waals surface area (Å²) < 4.78 is 1.40. The van der Waals surface area contributed by atoms with Crippen LogP contribution in [-0.4, -0.2) is 30.5 Å². The van der Waals surface area contributed by atoms with Crippen molar-refractivity contribution in [3.63, 3.8) is 0 Å². The number of non-ortho nitro benzene ring substituents is 1. The van der Waals surface area contributed by atoms with Gasteiger partial charge in [0.1, 0.15) is 0 Å². The van der Waals surface area contributed by atoms with Gasteiger partial charge in [-0.2, -0.15) is 0 Å². The van der Waals surface area contributed by atoms with Gasteiger partial charge in [0, 0.05) is 18.3 Å². The number of nitro groups is 1. The van der Waals surface area contributed by atoms with Gasteiger partial charge in [-0.1, -0.05) is 6.07 Å². The van der Waals surface area contributed by atoms with Crippen LogP contribution in [0.2, 0.25) is 0 Å². The maximum atomic E-state index is 11.0. The van der Waals surface area contributed by atoms with Gasteiger partial charge in [0.15, 0.2) is 17.2 Å². The molecule has 1 aromatic carbocycles. The molecule has 0 radical (unpaired) electrons. The molecule has 0 bridgehead atoms. The summed E-state index contributed by atoms with van der Waals surface area (Å²) >= 11 is 0. The Morgan fingerprint density at radius 3 is 2.80 bits per heavy atom. The molecule has 0 aliphatic heterocycles. The molecule has 0 saturated carbocycles. The van der Waals surface area contributed by atoms with Crippen LogP contribution in [0, 0.1) is 10.1 Å². The van der Waals surface area contributed by atoms with Crippen LogP contribution in [0.15, 0.2) is 52.8 Å². The van der Waals surface area contributed by atoms with Crippen molar-refractivity contribution in [3.05, 3.63) is 58.4 Å². The van der Waals surface area contributed by atoms with Crippen molar-refractivity contribution < 1.29 is 19.9 Å². The maximum Gasteiger partial charge on any atom is 0.309 e. The quantitative estimate of drug-likeness (QED) is 0.415. The van der Waals surface area contributed by atoms with Gasteiger partial charge < -0.3 is 10.2 Å². The lowest BCUT2D eigenvalue weighted by atomic mass is 10.3. The van der Waals surface area contributed by atoms with Gasteiger partial charge >= 0.3 is 5.97 Å². The molecule has 0 fully saturated rings. The number of carboxylic acids is 1. The van der Waals surface area contributed by atoms with Crippen LogP contribution in [0.5, 0.6) is 5.75 Å². The molecule has 126 valence electrons. The second-order valence-electron chi connectivity index (χ2n) is 5.02. The number of hydrogen-bond acceptors (Lipinski definition) is 7. The van der Waals surface area contributed by atoms with Crippen molar-refractivity contribution in [1.82, 2.24) is 9.38 Å². The largest absolute Gasteiger partial charge is 0.504 e. The summed E-state index contributed by atoms with van der Waals surface area (Å²) in [5.41, 5.74) is 0.346. The number of rotatable bonds is 5. The van der Waals surface area contributed by atoms with Gasteiger partial charge in [-0.25, -0.2) is 4.98 Å². The molecule has 0 saturated heterocycles. The van der Waals surface area contributed by atoms with Gasteiger partial charge in [-0.05, 0) is 18.2 Å². The minimum atomic E-state index is -1.12. The van der Waals surface area contributed by atoms with Crippen LogP contribution in [0.4, 0.5) is 17.2 Å². The van der Waals surface area contributed by atoms with Gasteiger partial charge in [-0.15, -0.1) is 10.2 Å². The van der Waals surface area contributed by atoms with Crippen molar-refractivity contribution in [3.8, 4) is 5.75 Å². The molecule has 0 atom stereocenters. The predicted octanol–water partition coefficient (Wildman–Crippen LogP) is 2.99. The van der Waals surface area contributed by atoms with Crippen LogP contribution >= 0.6 is 0 Å². The first-order chi connectivity index (χ1) is 12.0. The van der Waals surface area contributed by atoms with Gasteiger partial charge in [0.25, 0.3) is 5.69 Å². The van der Waals surface area contributed by atoms with Crippen molar-refractivity contribution in [2.24, 2.45) is 10.2 Å². The zero-order chi connectivity index (χ0) is 18.0. The SMILES string of the molecule is O=C(O)Cc1nc2c(O)cccn2c1N=Nc1cccc([N+](=O)[O-])c1. The molecule has 0 aliphatic rings. The molecule has 3 rings (SSSR count). The van der Waals surface area contributed by atoms with E-state index >= 15 is 0 Å². The Kier molecular flexibility index (Phi) is 4.08. The number of carboxylic acid groups (broad SMARTS) is 1. The number of carbonyl (C=O) groups is 1. The second-order valence-corrected chi connectivity index (χ2v) is 5.02. The normalized spacial score (nSPS) is 11.2. The predicted molar refractivity (Wildman–Crippen MR) is 85.5 cm³/mol. The highest BCUT2D eigenvalue weighted by Gasteiger charge is 2.17. The molecular weight excluding hydrogens is 330 g/mol. The number of aromatic nitrogens is 2. The zero-order valence-corrected chi connectivity index (χ0v) is 12.6. The zero-order valence-electron chi connectivity index (χ0n) is 12.6. The molecule has 0 amide bonds. The number of benzene rings is 1. The number of nitrogens with zero attached hydrogens (tertiary/aromatic N) is 5. The average Bonchev–Trinajstić information content (AvgIpc) is 2.91. The Balaban J connectivity index is 2.08. The van der Waals surface area contributed by atoms with Crippen molar-refractivity contribution in [1.29, 1.82) is 0 Å². The first-order valence-corrected chi connectivity index (χ1v) is 7.02. The third-order valence-corrected chi connectivity index (χ3v) is 3.29. The lowest BCUT2D eigenvalue weighted by Gasteiger charge is -1.98. The van der Waals surface area contributed by atoms with Gasteiger partial charge in [-0.3, -0.25) is 19.3 Å². The third-order valence-electron chi connectivity index (χ3n) is 3.29. The summed E-state index contributed by atoms with van der Waals surface area (Å²) in [5, 5.41) is 37.6. The fourth-order valence-corrected chi connectivity index (χ4v) is 2.23. The minimum absolute atomic E-state index is 0.114. The molecule has 25 heavy (non-hydrogen) atoms. The Morgan fingerprint density at radius 2 is 2.08 bits per heavy atom. The highest BCUT2D eigenvalue weighted by molar-refractivity contribution is 5.73. The molecular formula is C15H11N5O5. The van der Waals surface area contributed by atoms with E-state index in [0.29, 0.717) is 0 Å². The minimum Gasteiger partial charge on any atom is -0.504 e. The summed E-state index contributed by atoms with van der Waals surface area (Å²) in [7, 11) is 0. The summed E-state index contributed by atoms with van der Waals surface area (Å²) in [6.07, 6.45) is 1.14. The first-order valence-electron chi connectivity index (χ1n) is 7.02. The number of nitro benzene ring substituents is 1. The molecule has 0 unspecified atom stereocenters. The highest BCUT2D eigenvalue weighted by atomic mass is 16.6. The molecule has 2 aromatic heterocycles. The molecule has 0 aliphatic carbocycles. The van der Waals surface area contributed by atoms with E-state index in [1.807, 2.05) is 0 Å². The first kappa shape index (κ1) is 16.1. The summed E-state index contributed by atoms with van der Waals surface area (Å²) in [5.74, 6) is -1.12. The van der Waals surface area contributed by atoms with E-state index in [1.54, 1.807) is 12.3 Å². The van der Waals surface area contributed by atoms with Crippen molar-refractivity contribution in [2.75, 3.05) is 0 Å². The van der Waals surface area contributed by atoms with Gasteiger partial charge in [0.2, 0.25) is 0 Å². The Hall–Kier alpha value is -3.82. The van der Waals surface area contributed by atoms with E-state index in [-0.39, 0.29) is 34.3 Å². The fraction of sp³-hybridized carbons (Fsp3) is 0.0667. The standard InChI is InChI=1S/C15H11N5O5/c21-12-5-2-6-19-14(11(8-13(22)23)16-15(12)19)18-17-9-3-1-4-10(7-9)20(24)25/h1-7,21H,8H2,(H,22,23). The number of aromatic hydroxyl groups is 1. The number of azo groups is 1. The van der Waals surface area contributed by atoms with E-state index in [2.05, 4.69) is 15.2 Å². The summed E-state index contributed by atoms with van der Waals surface area (Å²) in [4.78, 5) is 25.3. The Labute approximate surface area is 139 Å². The molecule has 2 heterocycles. The highest BCUT2D eigenvalue weighted by Crippen LogP contribution is 2.29. The Bertz CT molecular complexity index is 1010. The van der Waals surface area contributed by atoms with Crippen LogP contribution in [-0.2, 0) is 11.2 Å². The lowest BCUT2D eigenvalue weighted by molar-refractivity contribution is -0.384. The van der Waals surface area contributed by atoms with E-state index in [9.17, 15) is 20.0 Å². The molecule has 2 N–H and O–H groups in total. The van der Waals surface area contributed by atoms with E-state index in [1.165, 1.54) is 34.7 Å². The molecule has 10 nitrogen and oxygen atoms in total. The number of hydrogen-bond donors (Lipinski definition) is 2. The van der Waals surface area contributed by atoms with Gasteiger partial charge in [0.05, 0.1) is 22.7 Å². The van der Waals surface area contributed by atoms with Crippen LogP contribution in [0.25, 0.3) is 5.65 Å². The molecule has 0 spiro atoms. The number of aliphatic carboxylic acids is 1.